The molecule has 0 spiro atoms. The minimum absolute atomic E-state index is 0.0197. The number of carbonyl (C=O) groups is 2. The fourth-order valence-electron chi connectivity index (χ4n) is 3.25. The monoisotopic (exact) mass is 372 g/mol. The molecule has 2 aliphatic rings. The largest absolute Gasteiger partial charge is 0.465 e. The van der Waals surface area contributed by atoms with Gasteiger partial charge in [0, 0.05) is 19.0 Å². The number of hydrogen-bond acceptors (Lipinski definition) is 3. The van der Waals surface area contributed by atoms with Crippen molar-refractivity contribution in [3.8, 4) is 0 Å². The molecule has 0 aliphatic carbocycles. The smallest absolute Gasteiger partial charge is 0.416 e. The Morgan fingerprint density at radius 2 is 1.81 bits per heavy atom. The van der Waals surface area contributed by atoms with Crippen LogP contribution in [0.25, 0.3) is 0 Å². The molecular formula is C17H19F3N2O4. The first-order valence-corrected chi connectivity index (χ1v) is 8.31. The number of halogens is 3. The highest BCUT2D eigenvalue weighted by Gasteiger charge is 2.38. The first-order chi connectivity index (χ1) is 12.2. The molecule has 3 rings (SSSR count). The molecule has 2 saturated heterocycles. The van der Waals surface area contributed by atoms with Gasteiger partial charge in [0.25, 0.3) is 5.91 Å². The molecule has 0 radical (unpaired) electrons. The number of ether oxygens (including phenoxy) is 1. The van der Waals surface area contributed by atoms with Gasteiger partial charge >= 0.3 is 12.3 Å². The number of nitrogens with one attached hydrogen (secondary N) is 1. The highest BCUT2D eigenvalue weighted by molar-refractivity contribution is 5.82. The van der Waals surface area contributed by atoms with E-state index in [1.54, 1.807) is 4.90 Å². The van der Waals surface area contributed by atoms with Crippen LogP contribution in [0.3, 0.4) is 0 Å². The summed E-state index contributed by atoms with van der Waals surface area (Å²) in [5, 5.41) is 11.0. The van der Waals surface area contributed by atoms with Crippen LogP contribution in [0.5, 0.6) is 0 Å². The van der Waals surface area contributed by atoms with Gasteiger partial charge in [-0.15, -0.1) is 0 Å². The normalized spacial score (nSPS) is 24.0. The van der Waals surface area contributed by atoms with E-state index in [0.717, 1.165) is 17.7 Å². The van der Waals surface area contributed by atoms with Crippen LogP contribution < -0.4 is 5.32 Å². The number of nitrogens with zero attached hydrogens (tertiary/aromatic N) is 1. The van der Waals surface area contributed by atoms with E-state index < -0.39 is 23.9 Å². The van der Waals surface area contributed by atoms with E-state index >= 15 is 0 Å². The molecule has 0 unspecified atom stereocenters. The molecule has 0 aromatic heterocycles. The van der Waals surface area contributed by atoms with E-state index in [1.165, 1.54) is 12.1 Å². The Hall–Kier alpha value is -2.29. The minimum atomic E-state index is -4.36. The second-order valence-corrected chi connectivity index (χ2v) is 6.61. The summed E-state index contributed by atoms with van der Waals surface area (Å²) in [4.78, 5) is 24.6. The Bertz CT molecular complexity index is 664. The molecule has 26 heavy (non-hydrogen) atoms. The molecule has 2 aliphatic heterocycles. The van der Waals surface area contributed by atoms with Crippen LogP contribution >= 0.6 is 0 Å². The quantitative estimate of drug-likeness (QED) is 0.854. The van der Waals surface area contributed by atoms with Crippen molar-refractivity contribution < 1.29 is 32.6 Å². The number of likely N-dealkylation sites (tertiary alicyclic amines) is 1. The van der Waals surface area contributed by atoms with Gasteiger partial charge in [0.05, 0.1) is 18.2 Å². The molecule has 6 nitrogen and oxygen atoms in total. The van der Waals surface area contributed by atoms with Crippen LogP contribution in [-0.2, 0) is 15.7 Å². The molecule has 2 heterocycles. The molecule has 2 amide bonds. The molecule has 0 saturated carbocycles. The van der Waals surface area contributed by atoms with Crippen LogP contribution in [-0.4, -0.2) is 53.8 Å². The first kappa shape index (κ1) is 18.5. The fourth-order valence-corrected chi connectivity index (χ4v) is 3.25. The molecule has 1 aromatic carbocycles. The maximum absolute atomic E-state index is 12.6. The van der Waals surface area contributed by atoms with Gasteiger partial charge in [0.15, 0.2) is 0 Å². The Morgan fingerprint density at radius 1 is 1.15 bits per heavy atom. The zero-order valence-electron chi connectivity index (χ0n) is 13.8. The van der Waals surface area contributed by atoms with Gasteiger partial charge in [-0.3, -0.25) is 4.79 Å². The van der Waals surface area contributed by atoms with Crippen molar-refractivity contribution in [2.75, 3.05) is 19.7 Å². The van der Waals surface area contributed by atoms with Gasteiger partial charge in [-0.05, 0) is 30.5 Å². The van der Waals surface area contributed by atoms with Gasteiger partial charge < -0.3 is 20.1 Å². The van der Waals surface area contributed by atoms with Crippen molar-refractivity contribution in [1.82, 2.24) is 10.2 Å². The molecular weight excluding hydrogens is 353 g/mol. The summed E-state index contributed by atoms with van der Waals surface area (Å²) in [5.41, 5.74) is 0.0889. The summed E-state index contributed by atoms with van der Waals surface area (Å²) in [5.74, 6) is -0.131. The number of carboxylic acid groups (broad SMARTS) is 1. The van der Waals surface area contributed by atoms with Crippen molar-refractivity contribution in [2.45, 2.75) is 37.1 Å². The maximum Gasteiger partial charge on any atom is 0.416 e. The summed E-state index contributed by atoms with van der Waals surface area (Å²) in [6.07, 6.45) is -5.10. The standard InChI is InChI=1S/C17H19F3N2O4/c18-17(19,20)12-3-1-10(2-4-12)11-7-22(8-11)15(23)14-6-5-13(9-26-14)21-16(24)25/h1-4,11,13-14,21H,5-9H2,(H,24,25)/t13-,14+/m1/s1. The molecule has 2 atom stereocenters. The lowest BCUT2D eigenvalue weighted by Gasteiger charge is -2.42. The summed E-state index contributed by atoms with van der Waals surface area (Å²) < 4.78 is 43.2. The highest BCUT2D eigenvalue weighted by Crippen LogP contribution is 2.33. The van der Waals surface area contributed by atoms with Gasteiger partial charge in [0.1, 0.15) is 6.10 Å². The molecule has 2 fully saturated rings. The maximum atomic E-state index is 12.6. The second kappa shape index (κ2) is 7.14. The molecule has 1 aromatic rings. The van der Waals surface area contributed by atoms with E-state index in [1.807, 2.05) is 0 Å². The minimum Gasteiger partial charge on any atom is -0.465 e. The van der Waals surface area contributed by atoms with Gasteiger partial charge in [-0.2, -0.15) is 13.2 Å². The third-order valence-corrected chi connectivity index (χ3v) is 4.78. The Balaban J connectivity index is 1.47. The predicted molar refractivity (Wildman–Crippen MR) is 84.7 cm³/mol. The summed E-state index contributed by atoms with van der Waals surface area (Å²) in [6, 6.07) is 4.70. The first-order valence-electron chi connectivity index (χ1n) is 8.31. The molecule has 0 bridgehead atoms. The van der Waals surface area contributed by atoms with Crippen molar-refractivity contribution in [3.63, 3.8) is 0 Å². The number of alkyl halides is 3. The average molecular weight is 372 g/mol. The summed E-state index contributed by atoms with van der Waals surface area (Å²) >= 11 is 0. The van der Waals surface area contributed by atoms with Crippen LogP contribution in [0, 0.1) is 0 Å². The van der Waals surface area contributed by atoms with Crippen LogP contribution in [0.15, 0.2) is 24.3 Å². The molecule has 2 N–H and O–H groups in total. The van der Waals surface area contributed by atoms with Crippen LogP contribution in [0.4, 0.5) is 18.0 Å². The number of rotatable bonds is 3. The predicted octanol–water partition coefficient (Wildman–Crippen LogP) is 2.45. The van der Waals surface area contributed by atoms with Crippen LogP contribution in [0.1, 0.15) is 29.9 Å². The van der Waals surface area contributed by atoms with Crippen molar-refractivity contribution in [3.05, 3.63) is 35.4 Å². The number of hydrogen-bond donors (Lipinski definition) is 2. The number of amides is 2. The Kier molecular flexibility index (Phi) is 5.08. The van der Waals surface area contributed by atoms with E-state index in [0.29, 0.717) is 25.9 Å². The van der Waals surface area contributed by atoms with E-state index in [-0.39, 0.29) is 24.5 Å². The van der Waals surface area contributed by atoms with E-state index in [9.17, 15) is 22.8 Å². The lowest BCUT2D eigenvalue weighted by Crippen LogP contribution is -2.54. The zero-order valence-corrected chi connectivity index (χ0v) is 13.8. The van der Waals surface area contributed by atoms with Crippen molar-refractivity contribution in [1.29, 1.82) is 0 Å². The Labute approximate surface area is 147 Å². The van der Waals surface area contributed by atoms with Gasteiger partial charge in [0.2, 0.25) is 0 Å². The van der Waals surface area contributed by atoms with E-state index in [4.69, 9.17) is 9.84 Å². The molecule has 9 heteroatoms. The van der Waals surface area contributed by atoms with Crippen molar-refractivity contribution >= 4 is 12.0 Å². The van der Waals surface area contributed by atoms with Gasteiger partial charge in [-0.25, -0.2) is 4.79 Å². The number of benzene rings is 1. The van der Waals surface area contributed by atoms with E-state index in [2.05, 4.69) is 5.32 Å². The lowest BCUT2D eigenvalue weighted by atomic mass is 9.90. The average Bonchev–Trinajstić information content (AvgIpc) is 2.53. The molecule has 142 valence electrons. The lowest BCUT2D eigenvalue weighted by molar-refractivity contribution is -0.152. The third-order valence-electron chi connectivity index (χ3n) is 4.78. The summed E-state index contributed by atoms with van der Waals surface area (Å²) in [6.45, 7) is 1.04. The highest BCUT2D eigenvalue weighted by atomic mass is 19.4. The van der Waals surface area contributed by atoms with Crippen LogP contribution in [0.2, 0.25) is 0 Å². The van der Waals surface area contributed by atoms with Gasteiger partial charge in [-0.1, -0.05) is 12.1 Å². The topological polar surface area (TPSA) is 78.9 Å². The third kappa shape index (κ3) is 4.09. The Morgan fingerprint density at radius 3 is 2.31 bits per heavy atom. The summed E-state index contributed by atoms with van der Waals surface area (Å²) in [7, 11) is 0. The fraction of sp³-hybridized carbons (Fsp3) is 0.529. The SMILES string of the molecule is O=C(O)N[C@@H]1CC[C@@H](C(=O)N2CC(c3ccc(C(F)(F)F)cc3)C2)OC1. The number of carbonyl (C=O) groups excluding carboxylic acids is 1. The van der Waals surface area contributed by atoms with Crippen molar-refractivity contribution in [2.24, 2.45) is 0 Å². The zero-order chi connectivity index (χ0) is 18.9. The second-order valence-electron chi connectivity index (χ2n) is 6.61.